The van der Waals surface area contributed by atoms with Crippen molar-refractivity contribution in [3.8, 4) is 11.3 Å². The van der Waals surface area contributed by atoms with E-state index in [2.05, 4.69) is 18.5 Å². The lowest BCUT2D eigenvalue weighted by molar-refractivity contribution is 0.757. The highest BCUT2D eigenvalue weighted by molar-refractivity contribution is 5.70. The lowest BCUT2D eigenvalue weighted by Crippen LogP contribution is -2.05. The molecule has 0 saturated carbocycles. The molecule has 2 aromatic rings. The lowest BCUT2D eigenvalue weighted by atomic mass is 10.1. The van der Waals surface area contributed by atoms with Crippen molar-refractivity contribution in [1.29, 1.82) is 0 Å². The van der Waals surface area contributed by atoms with Gasteiger partial charge in [0.1, 0.15) is 17.3 Å². The number of anilines is 1. The molecule has 88 valence electrons. The average Bonchev–Trinajstić information content (AvgIpc) is 2.69. The number of nitrogens with zero attached hydrogens (tertiary/aromatic N) is 2. The molecule has 0 aliphatic rings. The van der Waals surface area contributed by atoms with Crippen LogP contribution < -0.4 is 5.73 Å². The van der Waals surface area contributed by atoms with Crippen molar-refractivity contribution in [2.75, 3.05) is 5.73 Å². The molecule has 3 nitrogen and oxygen atoms in total. The van der Waals surface area contributed by atoms with E-state index in [0.29, 0.717) is 12.4 Å². The summed E-state index contributed by atoms with van der Waals surface area (Å²) in [5.74, 6) is 1.72. The minimum absolute atomic E-state index is 0.703. The van der Waals surface area contributed by atoms with Crippen molar-refractivity contribution in [2.45, 2.75) is 19.9 Å². The Morgan fingerprint density at radius 1 is 1.35 bits per heavy atom. The first kappa shape index (κ1) is 11.5. The standard InChI is InChI=1S/C14H17N3/c1-3-10-17-12(4-2)16-13(14(17)15)11-8-6-5-7-9-11/h3,5-9H,1,4,10,15H2,2H3. The van der Waals surface area contributed by atoms with Gasteiger partial charge in [-0.05, 0) is 0 Å². The molecule has 0 saturated heterocycles. The van der Waals surface area contributed by atoms with Crippen LogP contribution in [0.1, 0.15) is 12.7 Å². The molecule has 2 N–H and O–H groups in total. The number of allylic oxidation sites excluding steroid dienone is 1. The molecule has 0 aliphatic carbocycles. The van der Waals surface area contributed by atoms with E-state index in [4.69, 9.17) is 5.73 Å². The van der Waals surface area contributed by atoms with Crippen molar-refractivity contribution in [2.24, 2.45) is 0 Å². The molecule has 0 radical (unpaired) electrons. The van der Waals surface area contributed by atoms with Gasteiger partial charge in [-0.25, -0.2) is 4.98 Å². The maximum absolute atomic E-state index is 6.15. The van der Waals surface area contributed by atoms with Crippen LogP contribution in [0.15, 0.2) is 43.0 Å². The fourth-order valence-corrected chi connectivity index (χ4v) is 1.92. The van der Waals surface area contributed by atoms with Gasteiger partial charge in [0.25, 0.3) is 0 Å². The smallest absolute Gasteiger partial charge is 0.132 e. The average molecular weight is 227 g/mol. The SMILES string of the molecule is C=CCn1c(CC)nc(-c2ccccc2)c1N. The fourth-order valence-electron chi connectivity index (χ4n) is 1.92. The van der Waals surface area contributed by atoms with Gasteiger partial charge in [0, 0.05) is 18.5 Å². The van der Waals surface area contributed by atoms with E-state index in [9.17, 15) is 0 Å². The van der Waals surface area contributed by atoms with Crippen LogP contribution in [0, 0.1) is 0 Å². The van der Waals surface area contributed by atoms with Crippen LogP contribution in [-0.2, 0) is 13.0 Å². The van der Waals surface area contributed by atoms with E-state index < -0.39 is 0 Å². The quantitative estimate of drug-likeness (QED) is 0.816. The highest BCUT2D eigenvalue weighted by Crippen LogP contribution is 2.26. The molecule has 0 aliphatic heterocycles. The molecule has 1 heterocycles. The third kappa shape index (κ3) is 2.09. The van der Waals surface area contributed by atoms with Crippen LogP contribution in [0.2, 0.25) is 0 Å². The fraction of sp³-hybridized carbons (Fsp3) is 0.214. The summed E-state index contributed by atoms with van der Waals surface area (Å²) in [6.45, 7) is 6.53. The van der Waals surface area contributed by atoms with Crippen LogP contribution >= 0.6 is 0 Å². The number of imidazole rings is 1. The molecule has 1 aromatic heterocycles. The normalized spacial score (nSPS) is 10.4. The topological polar surface area (TPSA) is 43.8 Å². The summed E-state index contributed by atoms with van der Waals surface area (Å²) in [5.41, 5.74) is 8.07. The van der Waals surface area contributed by atoms with E-state index in [0.717, 1.165) is 23.5 Å². The van der Waals surface area contributed by atoms with Gasteiger partial charge in [0.2, 0.25) is 0 Å². The summed E-state index contributed by atoms with van der Waals surface area (Å²) in [7, 11) is 0. The molecule has 1 aromatic carbocycles. The van der Waals surface area contributed by atoms with Gasteiger partial charge in [0.05, 0.1) is 0 Å². The summed E-state index contributed by atoms with van der Waals surface area (Å²) >= 11 is 0. The molecule has 3 heteroatoms. The lowest BCUT2D eigenvalue weighted by Gasteiger charge is -2.05. The van der Waals surface area contributed by atoms with E-state index in [-0.39, 0.29) is 0 Å². The zero-order chi connectivity index (χ0) is 12.3. The second-order valence-corrected chi connectivity index (χ2v) is 3.88. The van der Waals surface area contributed by atoms with Crippen molar-refractivity contribution in [3.63, 3.8) is 0 Å². The highest BCUT2D eigenvalue weighted by Gasteiger charge is 2.13. The van der Waals surface area contributed by atoms with Crippen LogP contribution in [0.4, 0.5) is 5.82 Å². The Kier molecular flexibility index (Phi) is 3.28. The number of nitrogen functional groups attached to an aromatic ring is 1. The molecule has 0 fully saturated rings. The number of benzene rings is 1. The van der Waals surface area contributed by atoms with Gasteiger partial charge in [-0.15, -0.1) is 6.58 Å². The predicted molar refractivity (Wildman–Crippen MR) is 71.7 cm³/mol. The number of hydrogen-bond donors (Lipinski definition) is 1. The molecule has 0 amide bonds. The first-order valence-corrected chi connectivity index (χ1v) is 5.79. The molecule has 0 atom stereocenters. The Bertz CT molecular complexity index is 512. The Morgan fingerprint density at radius 3 is 2.65 bits per heavy atom. The molecule has 17 heavy (non-hydrogen) atoms. The van der Waals surface area contributed by atoms with Gasteiger partial charge in [-0.3, -0.25) is 0 Å². The monoisotopic (exact) mass is 227 g/mol. The molecule has 0 bridgehead atoms. The van der Waals surface area contributed by atoms with Crippen LogP contribution in [-0.4, -0.2) is 9.55 Å². The van der Waals surface area contributed by atoms with Crippen LogP contribution in [0.3, 0.4) is 0 Å². The van der Waals surface area contributed by atoms with E-state index in [1.54, 1.807) is 0 Å². The Balaban J connectivity index is 2.53. The van der Waals surface area contributed by atoms with Gasteiger partial charge >= 0.3 is 0 Å². The van der Waals surface area contributed by atoms with E-state index in [1.165, 1.54) is 0 Å². The van der Waals surface area contributed by atoms with Crippen molar-refractivity contribution >= 4 is 5.82 Å². The highest BCUT2D eigenvalue weighted by atomic mass is 15.1. The zero-order valence-corrected chi connectivity index (χ0v) is 10.1. The summed E-state index contributed by atoms with van der Waals surface area (Å²) < 4.78 is 2.01. The summed E-state index contributed by atoms with van der Waals surface area (Å²) in [6, 6.07) is 10.0. The van der Waals surface area contributed by atoms with E-state index in [1.807, 2.05) is 41.0 Å². The minimum Gasteiger partial charge on any atom is -0.383 e. The molecule has 2 rings (SSSR count). The summed E-state index contributed by atoms with van der Waals surface area (Å²) in [4.78, 5) is 4.61. The Labute approximate surface area is 102 Å². The maximum Gasteiger partial charge on any atom is 0.132 e. The third-order valence-electron chi connectivity index (χ3n) is 2.76. The number of nitrogens with two attached hydrogens (primary N) is 1. The van der Waals surface area contributed by atoms with Crippen molar-refractivity contribution in [3.05, 3.63) is 48.8 Å². The van der Waals surface area contributed by atoms with Crippen molar-refractivity contribution in [1.82, 2.24) is 9.55 Å². The number of hydrogen-bond acceptors (Lipinski definition) is 2. The van der Waals surface area contributed by atoms with Crippen molar-refractivity contribution < 1.29 is 0 Å². The summed E-state index contributed by atoms with van der Waals surface area (Å²) in [6.07, 6.45) is 2.71. The second kappa shape index (κ2) is 4.87. The first-order valence-electron chi connectivity index (χ1n) is 5.79. The van der Waals surface area contributed by atoms with Gasteiger partial charge in [0.15, 0.2) is 0 Å². The van der Waals surface area contributed by atoms with E-state index >= 15 is 0 Å². The molecule has 0 unspecified atom stereocenters. The predicted octanol–water partition coefficient (Wildman–Crippen LogP) is 2.88. The molecular formula is C14H17N3. The zero-order valence-electron chi connectivity index (χ0n) is 10.1. The molecular weight excluding hydrogens is 210 g/mol. The van der Waals surface area contributed by atoms with Crippen LogP contribution in [0.25, 0.3) is 11.3 Å². The number of rotatable bonds is 4. The maximum atomic E-state index is 6.15. The largest absolute Gasteiger partial charge is 0.383 e. The Morgan fingerprint density at radius 2 is 2.06 bits per heavy atom. The van der Waals surface area contributed by atoms with Gasteiger partial charge in [-0.1, -0.05) is 43.3 Å². The summed E-state index contributed by atoms with van der Waals surface area (Å²) in [5, 5.41) is 0. The number of aromatic nitrogens is 2. The van der Waals surface area contributed by atoms with Crippen LogP contribution in [0.5, 0.6) is 0 Å². The van der Waals surface area contributed by atoms with Gasteiger partial charge in [-0.2, -0.15) is 0 Å². The first-order chi connectivity index (χ1) is 8.27. The van der Waals surface area contributed by atoms with Gasteiger partial charge < -0.3 is 10.3 Å². The third-order valence-corrected chi connectivity index (χ3v) is 2.76. The molecule has 0 spiro atoms. The number of aryl methyl sites for hydroxylation is 1. The Hall–Kier alpha value is -2.03. The minimum atomic E-state index is 0.703. The second-order valence-electron chi connectivity index (χ2n) is 3.88.